The monoisotopic (exact) mass is 222 g/mol. The number of hydrogen-bond donors (Lipinski definition) is 1. The van der Waals surface area contributed by atoms with Crippen molar-refractivity contribution in [2.24, 2.45) is 0 Å². The van der Waals surface area contributed by atoms with Crippen molar-refractivity contribution < 1.29 is 9.50 Å². The number of aromatic hydroxyl groups is 1. The van der Waals surface area contributed by atoms with Crippen LogP contribution in [0.1, 0.15) is 0 Å². The minimum absolute atomic E-state index is 0.109. The van der Waals surface area contributed by atoms with Crippen LogP contribution in [0.3, 0.4) is 0 Å². The molecule has 76 valence electrons. The molecule has 0 aliphatic heterocycles. The highest BCUT2D eigenvalue weighted by atomic mass is 35.5. The Morgan fingerprint density at radius 1 is 0.933 bits per heavy atom. The molecule has 2 aromatic carbocycles. The van der Waals surface area contributed by atoms with Gasteiger partial charge in [0.15, 0.2) is 0 Å². The Hall–Kier alpha value is -1.54. The molecule has 0 aromatic heterocycles. The Morgan fingerprint density at radius 3 is 2.13 bits per heavy atom. The van der Waals surface area contributed by atoms with Crippen LogP contribution in [-0.2, 0) is 0 Å². The number of rotatable bonds is 1. The summed E-state index contributed by atoms with van der Waals surface area (Å²) in [6, 6.07) is 11.2. The van der Waals surface area contributed by atoms with Gasteiger partial charge in [-0.05, 0) is 35.4 Å². The summed E-state index contributed by atoms with van der Waals surface area (Å²) in [7, 11) is 0. The summed E-state index contributed by atoms with van der Waals surface area (Å²) in [5.41, 5.74) is 1.57. The maximum Gasteiger partial charge on any atom is 0.142 e. The largest absolute Gasteiger partial charge is 0.508 e. The van der Waals surface area contributed by atoms with E-state index in [1.165, 1.54) is 12.1 Å². The minimum atomic E-state index is -0.442. The van der Waals surface area contributed by atoms with Gasteiger partial charge >= 0.3 is 0 Å². The van der Waals surface area contributed by atoms with Gasteiger partial charge in [-0.1, -0.05) is 29.8 Å². The van der Waals surface area contributed by atoms with Crippen LogP contribution >= 0.6 is 11.6 Å². The quantitative estimate of drug-likeness (QED) is 0.777. The lowest BCUT2D eigenvalue weighted by atomic mass is 10.1. The standard InChI is InChI=1S/C12H8ClFO/c13-11-6-3-9(7-12(11)14)8-1-4-10(15)5-2-8/h1-7,15H. The Morgan fingerprint density at radius 2 is 1.53 bits per heavy atom. The van der Waals surface area contributed by atoms with Gasteiger partial charge in [0.05, 0.1) is 5.02 Å². The van der Waals surface area contributed by atoms with Crippen molar-refractivity contribution in [1.29, 1.82) is 0 Å². The summed E-state index contributed by atoms with van der Waals surface area (Å²) in [4.78, 5) is 0. The minimum Gasteiger partial charge on any atom is -0.508 e. The Kier molecular flexibility index (Phi) is 2.60. The molecule has 0 fully saturated rings. The average molecular weight is 223 g/mol. The Bertz CT molecular complexity index is 479. The van der Waals surface area contributed by atoms with E-state index in [0.717, 1.165) is 11.1 Å². The summed E-state index contributed by atoms with van der Waals surface area (Å²) in [5, 5.41) is 9.22. The van der Waals surface area contributed by atoms with Gasteiger partial charge in [0, 0.05) is 0 Å². The summed E-state index contributed by atoms with van der Waals surface area (Å²) in [5.74, 6) is -0.254. The molecule has 0 unspecified atom stereocenters. The second-order valence-corrected chi connectivity index (χ2v) is 3.58. The molecule has 1 N–H and O–H groups in total. The zero-order valence-electron chi connectivity index (χ0n) is 7.74. The number of benzene rings is 2. The predicted octanol–water partition coefficient (Wildman–Crippen LogP) is 3.85. The van der Waals surface area contributed by atoms with Crippen LogP contribution in [0, 0.1) is 5.82 Å². The molecule has 0 saturated heterocycles. The first-order valence-corrected chi connectivity index (χ1v) is 4.79. The van der Waals surface area contributed by atoms with Crippen LogP contribution in [-0.4, -0.2) is 5.11 Å². The molecule has 15 heavy (non-hydrogen) atoms. The van der Waals surface area contributed by atoms with E-state index < -0.39 is 5.82 Å². The summed E-state index contributed by atoms with van der Waals surface area (Å²) in [6.07, 6.45) is 0. The van der Waals surface area contributed by atoms with E-state index in [0.29, 0.717) is 0 Å². The molecule has 2 rings (SSSR count). The molecular weight excluding hydrogens is 215 g/mol. The summed E-state index contributed by atoms with van der Waals surface area (Å²) in [6.45, 7) is 0. The third-order valence-corrected chi connectivity index (χ3v) is 2.43. The second kappa shape index (κ2) is 3.91. The van der Waals surface area contributed by atoms with Crippen molar-refractivity contribution in [1.82, 2.24) is 0 Å². The third kappa shape index (κ3) is 2.10. The topological polar surface area (TPSA) is 20.2 Å². The molecule has 3 heteroatoms. The second-order valence-electron chi connectivity index (χ2n) is 3.18. The first kappa shape index (κ1) is 9.99. The van der Waals surface area contributed by atoms with Gasteiger partial charge in [-0.15, -0.1) is 0 Å². The number of hydrogen-bond acceptors (Lipinski definition) is 1. The lowest BCUT2D eigenvalue weighted by molar-refractivity contribution is 0.475. The summed E-state index contributed by atoms with van der Waals surface area (Å²) >= 11 is 5.58. The molecule has 0 heterocycles. The van der Waals surface area contributed by atoms with Gasteiger partial charge in [0.1, 0.15) is 11.6 Å². The van der Waals surface area contributed by atoms with Crippen molar-refractivity contribution in [2.45, 2.75) is 0 Å². The maximum absolute atomic E-state index is 13.2. The molecule has 0 aliphatic rings. The van der Waals surface area contributed by atoms with Gasteiger partial charge in [0.2, 0.25) is 0 Å². The lowest BCUT2D eigenvalue weighted by Crippen LogP contribution is -1.81. The average Bonchev–Trinajstić information content (AvgIpc) is 2.23. The van der Waals surface area contributed by atoms with Crippen LogP contribution in [0.15, 0.2) is 42.5 Å². The van der Waals surface area contributed by atoms with E-state index in [1.807, 2.05) is 0 Å². The van der Waals surface area contributed by atoms with Gasteiger partial charge < -0.3 is 5.11 Å². The molecule has 0 atom stereocenters. The fraction of sp³-hybridized carbons (Fsp3) is 0. The van der Waals surface area contributed by atoms with Crippen LogP contribution in [0.2, 0.25) is 5.02 Å². The predicted molar refractivity (Wildman–Crippen MR) is 58.5 cm³/mol. The molecule has 0 radical (unpaired) electrons. The lowest BCUT2D eigenvalue weighted by Gasteiger charge is -2.02. The zero-order valence-corrected chi connectivity index (χ0v) is 8.50. The molecule has 1 nitrogen and oxygen atoms in total. The highest BCUT2D eigenvalue weighted by molar-refractivity contribution is 6.30. The van der Waals surface area contributed by atoms with Crippen LogP contribution < -0.4 is 0 Å². The molecule has 0 amide bonds. The van der Waals surface area contributed by atoms with Gasteiger partial charge in [-0.2, -0.15) is 0 Å². The summed E-state index contributed by atoms with van der Waals surface area (Å²) < 4.78 is 13.2. The van der Waals surface area contributed by atoms with Crippen molar-refractivity contribution in [2.75, 3.05) is 0 Å². The van der Waals surface area contributed by atoms with Crippen molar-refractivity contribution in [3.05, 3.63) is 53.3 Å². The number of halogens is 2. The molecule has 0 spiro atoms. The fourth-order valence-corrected chi connectivity index (χ4v) is 1.45. The molecule has 2 aromatic rings. The number of phenolic OH excluding ortho intramolecular Hbond substituents is 1. The number of phenols is 1. The first-order chi connectivity index (χ1) is 7.16. The SMILES string of the molecule is Oc1ccc(-c2ccc(Cl)c(F)c2)cc1. The van der Waals surface area contributed by atoms with Crippen molar-refractivity contribution in [3.63, 3.8) is 0 Å². The van der Waals surface area contributed by atoms with E-state index in [-0.39, 0.29) is 10.8 Å². The van der Waals surface area contributed by atoms with Gasteiger partial charge in [0.25, 0.3) is 0 Å². The molecule has 0 bridgehead atoms. The zero-order chi connectivity index (χ0) is 10.8. The van der Waals surface area contributed by atoms with E-state index in [4.69, 9.17) is 16.7 Å². The normalized spacial score (nSPS) is 10.3. The molecule has 0 saturated carbocycles. The van der Waals surface area contributed by atoms with E-state index >= 15 is 0 Å². The molecule has 0 aliphatic carbocycles. The van der Waals surface area contributed by atoms with E-state index in [2.05, 4.69) is 0 Å². The van der Waals surface area contributed by atoms with Crippen molar-refractivity contribution >= 4 is 11.6 Å². The van der Waals surface area contributed by atoms with Gasteiger partial charge in [-0.25, -0.2) is 4.39 Å². The van der Waals surface area contributed by atoms with Crippen molar-refractivity contribution in [3.8, 4) is 16.9 Å². The Labute approximate surface area is 91.8 Å². The Balaban J connectivity index is 2.45. The first-order valence-electron chi connectivity index (χ1n) is 4.41. The van der Waals surface area contributed by atoms with Crippen LogP contribution in [0.25, 0.3) is 11.1 Å². The van der Waals surface area contributed by atoms with E-state index in [9.17, 15) is 4.39 Å². The third-order valence-electron chi connectivity index (χ3n) is 2.12. The maximum atomic E-state index is 13.2. The highest BCUT2D eigenvalue weighted by Gasteiger charge is 2.02. The highest BCUT2D eigenvalue weighted by Crippen LogP contribution is 2.25. The molecular formula is C12H8ClFO. The van der Waals surface area contributed by atoms with Crippen LogP contribution in [0.4, 0.5) is 4.39 Å². The van der Waals surface area contributed by atoms with Crippen LogP contribution in [0.5, 0.6) is 5.75 Å². The van der Waals surface area contributed by atoms with Gasteiger partial charge in [-0.3, -0.25) is 0 Å². The van der Waals surface area contributed by atoms with E-state index in [1.54, 1.807) is 30.3 Å². The smallest absolute Gasteiger partial charge is 0.142 e. The fourth-order valence-electron chi connectivity index (χ4n) is 1.33.